The summed E-state index contributed by atoms with van der Waals surface area (Å²) in [7, 11) is 0. The second-order valence-electron chi connectivity index (χ2n) is 7.48. The molecular weight excluding hydrogens is 433 g/mol. The van der Waals surface area contributed by atoms with Crippen LogP contribution in [-0.4, -0.2) is 64.9 Å². The van der Waals surface area contributed by atoms with E-state index in [4.69, 9.17) is 16.2 Å². The molecule has 1 aromatic rings. The summed E-state index contributed by atoms with van der Waals surface area (Å²) in [4.78, 5) is 61.7. The van der Waals surface area contributed by atoms with Gasteiger partial charge >= 0.3 is 41.7 Å². The van der Waals surface area contributed by atoms with Gasteiger partial charge in [0.1, 0.15) is 12.6 Å². The van der Waals surface area contributed by atoms with Crippen LogP contribution < -0.4 is 51.4 Å². The minimum absolute atomic E-state index is 0. The van der Waals surface area contributed by atoms with Crippen molar-refractivity contribution in [2.24, 2.45) is 17.4 Å². The van der Waals surface area contributed by atoms with Crippen molar-refractivity contribution in [2.75, 3.05) is 18.5 Å². The summed E-state index contributed by atoms with van der Waals surface area (Å²) in [6.45, 7) is -0.183. The fourth-order valence-corrected chi connectivity index (χ4v) is 4.43. The molecule has 13 heteroatoms. The molecule has 3 atom stereocenters. The number of urea groups is 1. The van der Waals surface area contributed by atoms with Gasteiger partial charge in [-0.05, 0) is 36.3 Å². The number of carbonyl (C=O) groups is 5. The van der Waals surface area contributed by atoms with E-state index in [1.54, 1.807) is 0 Å². The maximum atomic E-state index is 12.8. The molecule has 2 saturated heterocycles. The largest absolute Gasteiger partial charge is 1.00 e. The van der Waals surface area contributed by atoms with Gasteiger partial charge < -0.3 is 41.2 Å². The number of hydrogen-bond donors (Lipinski definition) is 3. The maximum Gasteiger partial charge on any atom is 1.00 e. The van der Waals surface area contributed by atoms with Gasteiger partial charge in [0.15, 0.2) is 0 Å². The minimum Gasteiger partial charge on any atom is -0.543 e. The van der Waals surface area contributed by atoms with Crippen LogP contribution in [0.4, 0.5) is 15.3 Å². The molecule has 0 aliphatic carbocycles. The van der Waals surface area contributed by atoms with E-state index in [1.165, 1.54) is 29.2 Å². The van der Waals surface area contributed by atoms with Crippen molar-refractivity contribution in [3.05, 3.63) is 41.1 Å². The SMILES string of the molecule is NC(=O)OCC1=C(C(=O)[O-])N2C(=O)[C@@H]3[C@H]2[C@H](C1)CN3C(=O)Nc1ccc(C(N)=O)cc1.[Na+]. The number of carboxylic acids is 1. The number of nitrogens with two attached hydrogens (primary N) is 2. The predicted octanol–water partition coefficient (Wildman–Crippen LogP) is -4.66. The molecule has 0 radical (unpaired) electrons. The first-order valence-electron chi connectivity index (χ1n) is 9.35. The van der Waals surface area contributed by atoms with Crippen LogP contribution in [0.25, 0.3) is 0 Å². The van der Waals surface area contributed by atoms with Crippen molar-refractivity contribution in [1.82, 2.24) is 9.80 Å². The summed E-state index contributed by atoms with van der Waals surface area (Å²) in [6, 6.07) is 4.08. The molecule has 0 spiro atoms. The van der Waals surface area contributed by atoms with Crippen molar-refractivity contribution >= 4 is 35.6 Å². The smallest absolute Gasteiger partial charge is 0.543 e. The number of primary amides is 2. The van der Waals surface area contributed by atoms with Gasteiger partial charge in [-0.25, -0.2) is 9.59 Å². The van der Waals surface area contributed by atoms with E-state index in [0.717, 1.165) is 4.90 Å². The topological polar surface area (TPSA) is 188 Å². The number of nitrogens with one attached hydrogen (secondary N) is 1. The molecule has 32 heavy (non-hydrogen) atoms. The van der Waals surface area contributed by atoms with Crippen LogP contribution in [0.5, 0.6) is 0 Å². The average molecular weight is 451 g/mol. The Labute approximate surface area is 203 Å². The van der Waals surface area contributed by atoms with Crippen LogP contribution in [0, 0.1) is 5.92 Å². The first-order valence-corrected chi connectivity index (χ1v) is 9.35. The van der Waals surface area contributed by atoms with E-state index in [1.807, 2.05) is 0 Å². The van der Waals surface area contributed by atoms with Gasteiger partial charge in [0.2, 0.25) is 5.91 Å². The zero-order valence-electron chi connectivity index (χ0n) is 17.1. The number of ether oxygens (including phenoxy) is 1. The van der Waals surface area contributed by atoms with Gasteiger partial charge in [-0.1, -0.05) is 0 Å². The zero-order valence-corrected chi connectivity index (χ0v) is 19.1. The first-order chi connectivity index (χ1) is 14.7. The molecule has 3 aliphatic rings. The molecule has 5 amide bonds. The number of carbonyl (C=O) groups excluding carboxylic acids is 5. The Hall–Kier alpha value is -3.09. The van der Waals surface area contributed by atoms with Gasteiger partial charge in [0.25, 0.3) is 5.91 Å². The van der Waals surface area contributed by atoms with Crippen LogP contribution in [0.1, 0.15) is 16.8 Å². The number of anilines is 1. The molecule has 12 nitrogen and oxygen atoms in total. The summed E-state index contributed by atoms with van der Waals surface area (Å²) >= 11 is 0. The van der Waals surface area contributed by atoms with E-state index < -0.39 is 42.0 Å². The van der Waals surface area contributed by atoms with Crippen LogP contribution in [0.2, 0.25) is 0 Å². The molecule has 2 fully saturated rings. The number of amides is 5. The standard InChI is InChI=1S/C19H19N5O7.Na/c20-15(25)8-1-3-11(4-2-8)22-19(30)23-6-9-5-10(7-31-18(21)29)13(17(27)28)24-12(9)14(23)16(24)26;/h1-4,9,12,14H,5-7H2,(H2,20,25)(H2,21,29)(H,22,30)(H,27,28);/q;+1/p-1/t9-,12-,14+;/m1./s1. The Morgan fingerprint density at radius 3 is 2.38 bits per heavy atom. The van der Waals surface area contributed by atoms with Crippen molar-refractivity contribution in [3.63, 3.8) is 0 Å². The van der Waals surface area contributed by atoms with E-state index in [-0.39, 0.29) is 71.9 Å². The van der Waals surface area contributed by atoms with Crippen molar-refractivity contribution < 1.29 is 63.4 Å². The zero-order chi connectivity index (χ0) is 22.4. The minimum atomic E-state index is -1.56. The predicted molar refractivity (Wildman–Crippen MR) is 101 cm³/mol. The second kappa shape index (κ2) is 8.81. The number of benzene rings is 1. The Balaban J connectivity index is 0.00000289. The number of carboxylic acid groups (broad SMARTS) is 1. The van der Waals surface area contributed by atoms with Crippen LogP contribution >= 0.6 is 0 Å². The summed E-state index contributed by atoms with van der Waals surface area (Å²) in [6.07, 6.45) is -0.867. The summed E-state index contributed by atoms with van der Waals surface area (Å²) in [5.41, 5.74) is 10.7. The summed E-state index contributed by atoms with van der Waals surface area (Å²) < 4.78 is 4.72. The Morgan fingerprint density at radius 1 is 1.16 bits per heavy atom. The van der Waals surface area contributed by atoms with Crippen molar-refractivity contribution in [1.29, 1.82) is 0 Å². The second-order valence-corrected chi connectivity index (χ2v) is 7.48. The molecule has 5 N–H and O–H groups in total. The van der Waals surface area contributed by atoms with Crippen LogP contribution in [-0.2, 0) is 14.3 Å². The number of aliphatic carboxylic acids is 1. The van der Waals surface area contributed by atoms with E-state index in [2.05, 4.69) is 5.32 Å². The molecule has 3 heterocycles. The first kappa shape index (κ1) is 23.6. The summed E-state index contributed by atoms with van der Waals surface area (Å²) in [5.74, 6) is -2.96. The average Bonchev–Trinajstić information content (AvgIpc) is 3.08. The quantitative estimate of drug-likeness (QED) is 0.296. The molecule has 1 aromatic carbocycles. The van der Waals surface area contributed by atoms with Gasteiger partial charge in [-0.15, -0.1) is 0 Å². The Kier molecular flexibility index (Phi) is 6.49. The number of rotatable bonds is 5. The normalized spacial score (nSPS) is 23.0. The Bertz CT molecular complexity index is 1040. The van der Waals surface area contributed by atoms with Crippen molar-refractivity contribution in [2.45, 2.75) is 18.5 Å². The third-order valence-corrected chi connectivity index (χ3v) is 5.71. The third kappa shape index (κ3) is 3.92. The number of nitrogens with zero attached hydrogens (tertiary/aromatic N) is 2. The number of hydrogen-bond acceptors (Lipinski definition) is 7. The van der Waals surface area contributed by atoms with Crippen LogP contribution in [0.15, 0.2) is 35.5 Å². The van der Waals surface area contributed by atoms with Gasteiger partial charge in [0, 0.05) is 23.7 Å². The number of likely N-dealkylation sites (tertiary alicyclic amines) is 1. The maximum absolute atomic E-state index is 12.8. The van der Waals surface area contributed by atoms with Crippen molar-refractivity contribution in [3.8, 4) is 0 Å². The monoisotopic (exact) mass is 451 g/mol. The molecule has 3 aliphatic heterocycles. The Morgan fingerprint density at radius 2 is 1.81 bits per heavy atom. The fraction of sp³-hybridized carbons (Fsp3) is 0.316. The molecule has 0 aromatic heterocycles. The molecular formula is C19H18N5NaO7. The van der Waals surface area contributed by atoms with Gasteiger partial charge in [-0.3, -0.25) is 9.59 Å². The van der Waals surface area contributed by atoms with Crippen LogP contribution in [0.3, 0.4) is 0 Å². The molecule has 4 rings (SSSR count). The summed E-state index contributed by atoms with van der Waals surface area (Å²) in [5, 5.41) is 14.3. The molecule has 0 saturated carbocycles. The number of β-lactam (4-membered cyclic amide) rings is 1. The van der Waals surface area contributed by atoms with Gasteiger partial charge in [-0.2, -0.15) is 0 Å². The fourth-order valence-electron chi connectivity index (χ4n) is 4.43. The van der Waals surface area contributed by atoms with E-state index in [0.29, 0.717) is 5.69 Å². The van der Waals surface area contributed by atoms with Gasteiger partial charge in [0.05, 0.1) is 17.7 Å². The van der Waals surface area contributed by atoms with E-state index >= 15 is 0 Å². The van der Waals surface area contributed by atoms with E-state index in [9.17, 15) is 29.1 Å². The molecule has 162 valence electrons. The molecule has 0 unspecified atom stereocenters. The third-order valence-electron chi connectivity index (χ3n) is 5.71. The molecule has 0 bridgehead atoms.